The molecule has 120 valence electrons. The zero-order valence-electron chi connectivity index (χ0n) is 13.7. The molecule has 2 heterocycles. The van der Waals surface area contributed by atoms with Gasteiger partial charge in [-0.25, -0.2) is 0 Å². The van der Waals surface area contributed by atoms with Crippen molar-refractivity contribution in [2.75, 3.05) is 29.9 Å². The first-order valence-electron chi connectivity index (χ1n) is 7.79. The number of benzene rings is 1. The molecule has 1 aromatic carbocycles. The first kappa shape index (κ1) is 15.3. The number of hydrogen-bond donors (Lipinski definition) is 1. The van der Waals surface area contributed by atoms with E-state index in [2.05, 4.69) is 16.8 Å². The van der Waals surface area contributed by atoms with E-state index in [1.807, 2.05) is 31.3 Å². The fourth-order valence-electron chi connectivity index (χ4n) is 3.13. The normalized spacial score (nSPS) is 17.6. The molecule has 0 radical (unpaired) electrons. The third-order valence-corrected chi connectivity index (χ3v) is 4.19. The summed E-state index contributed by atoms with van der Waals surface area (Å²) in [6, 6.07) is 11.2. The van der Waals surface area contributed by atoms with Gasteiger partial charge in [0.25, 0.3) is 11.5 Å². The average molecular weight is 311 g/mol. The molecule has 1 amide bonds. The molecule has 1 aliphatic rings. The zero-order chi connectivity index (χ0) is 16.6. The number of aryl methyl sites for hydroxylation is 1. The summed E-state index contributed by atoms with van der Waals surface area (Å²) < 4.78 is 0. The molecule has 0 bridgehead atoms. The van der Waals surface area contributed by atoms with Gasteiger partial charge in [-0.3, -0.25) is 9.59 Å². The van der Waals surface area contributed by atoms with Crippen LogP contribution in [-0.2, 0) is 0 Å². The van der Waals surface area contributed by atoms with Gasteiger partial charge in [0.15, 0.2) is 0 Å². The summed E-state index contributed by atoms with van der Waals surface area (Å²) in [4.78, 5) is 31.7. The smallest absolute Gasteiger partial charge is 0.263 e. The van der Waals surface area contributed by atoms with Gasteiger partial charge in [0.2, 0.25) is 0 Å². The number of anilines is 2. The minimum absolute atomic E-state index is 0.183. The van der Waals surface area contributed by atoms with Crippen molar-refractivity contribution in [3.63, 3.8) is 0 Å². The van der Waals surface area contributed by atoms with Gasteiger partial charge in [0.05, 0.1) is 11.4 Å². The van der Waals surface area contributed by atoms with Crippen molar-refractivity contribution in [3.8, 4) is 0 Å². The van der Waals surface area contributed by atoms with Crippen LogP contribution in [0.3, 0.4) is 0 Å². The van der Waals surface area contributed by atoms with Crippen molar-refractivity contribution in [1.82, 2.24) is 4.98 Å². The third kappa shape index (κ3) is 2.86. The highest BCUT2D eigenvalue weighted by atomic mass is 16.2. The van der Waals surface area contributed by atoms with Crippen molar-refractivity contribution < 1.29 is 4.79 Å². The van der Waals surface area contributed by atoms with Crippen LogP contribution in [0, 0.1) is 12.8 Å². The van der Waals surface area contributed by atoms with E-state index in [-0.39, 0.29) is 17.0 Å². The second-order valence-electron chi connectivity index (χ2n) is 6.27. The highest BCUT2D eigenvalue weighted by Gasteiger charge is 2.28. The Morgan fingerprint density at radius 1 is 1.13 bits per heavy atom. The fourth-order valence-corrected chi connectivity index (χ4v) is 3.13. The summed E-state index contributed by atoms with van der Waals surface area (Å²) >= 11 is 0. The lowest BCUT2D eigenvalue weighted by atomic mass is 10.1. The zero-order valence-corrected chi connectivity index (χ0v) is 13.7. The number of nitrogens with one attached hydrogen (secondary N) is 1. The first-order valence-corrected chi connectivity index (χ1v) is 7.79. The molecule has 1 N–H and O–H groups in total. The molecule has 0 unspecified atom stereocenters. The molecule has 0 saturated carbocycles. The van der Waals surface area contributed by atoms with Crippen molar-refractivity contribution in [1.29, 1.82) is 0 Å². The predicted octanol–water partition coefficient (Wildman–Crippen LogP) is 2.42. The monoisotopic (exact) mass is 311 g/mol. The molecule has 0 spiro atoms. The molecule has 2 aromatic rings. The molecule has 1 atom stereocenters. The van der Waals surface area contributed by atoms with Crippen LogP contribution in [0.15, 0.2) is 41.2 Å². The Kier molecular flexibility index (Phi) is 3.94. The number of amides is 1. The van der Waals surface area contributed by atoms with Gasteiger partial charge in [0.1, 0.15) is 5.56 Å². The largest absolute Gasteiger partial charge is 0.373 e. The number of aromatic amines is 1. The Bertz CT molecular complexity index is 797. The lowest BCUT2D eigenvalue weighted by Crippen LogP contribution is -2.37. The standard InChI is InChI=1S/C18H21N3O2/c1-12-10-20(3)15-6-4-5-7-16(15)21(11-12)18(23)14-9-8-13(2)19-17(14)22/h4-9,12H,10-11H2,1-3H3,(H,19,22)/t12-/m0/s1. The summed E-state index contributed by atoms with van der Waals surface area (Å²) in [6.07, 6.45) is 0. The number of nitrogens with zero attached hydrogens (tertiary/aromatic N) is 2. The number of carbonyl (C=O) groups is 1. The topological polar surface area (TPSA) is 56.4 Å². The minimum Gasteiger partial charge on any atom is -0.373 e. The van der Waals surface area contributed by atoms with Crippen LogP contribution in [0.5, 0.6) is 0 Å². The van der Waals surface area contributed by atoms with Crippen molar-refractivity contribution in [2.24, 2.45) is 5.92 Å². The number of carbonyl (C=O) groups excluding carboxylic acids is 1. The minimum atomic E-state index is -0.335. The van der Waals surface area contributed by atoms with Crippen LogP contribution in [0.25, 0.3) is 0 Å². The number of H-pyrrole nitrogens is 1. The van der Waals surface area contributed by atoms with Crippen LogP contribution in [0.1, 0.15) is 23.0 Å². The second-order valence-corrected chi connectivity index (χ2v) is 6.27. The Morgan fingerprint density at radius 3 is 2.52 bits per heavy atom. The van der Waals surface area contributed by atoms with E-state index in [1.165, 1.54) is 0 Å². The Hall–Kier alpha value is -2.56. The van der Waals surface area contributed by atoms with Crippen LogP contribution < -0.4 is 15.4 Å². The molecule has 5 heteroatoms. The lowest BCUT2D eigenvalue weighted by Gasteiger charge is -2.24. The van der Waals surface area contributed by atoms with Crippen LogP contribution in [0.4, 0.5) is 11.4 Å². The van der Waals surface area contributed by atoms with E-state index >= 15 is 0 Å². The molecular weight excluding hydrogens is 290 g/mol. The van der Waals surface area contributed by atoms with Gasteiger partial charge >= 0.3 is 0 Å². The highest BCUT2D eigenvalue weighted by Crippen LogP contribution is 2.33. The highest BCUT2D eigenvalue weighted by molar-refractivity contribution is 6.07. The Morgan fingerprint density at radius 2 is 1.83 bits per heavy atom. The van der Waals surface area contributed by atoms with Gasteiger partial charge in [-0.15, -0.1) is 0 Å². The molecule has 3 rings (SSSR count). The average Bonchev–Trinajstić information content (AvgIpc) is 2.64. The fraction of sp³-hybridized carbons (Fsp3) is 0.333. The molecule has 23 heavy (non-hydrogen) atoms. The van der Waals surface area contributed by atoms with Crippen LogP contribution >= 0.6 is 0 Å². The Balaban J connectivity index is 2.08. The van der Waals surface area contributed by atoms with Gasteiger partial charge in [-0.1, -0.05) is 19.1 Å². The van der Waals surface area contributed by atoms with E-state index in [0.29, 0.717) is 12.5 Å². The number of rotatable bonds is 1. The number of aromatic nitrogens is 1. The summed E-state index contributed by atoms with van der Waals surface area (Å²) in [5.74, 6) is 0.0572. The molecule has 0 aliphatic carbocycles. The molecule has 5 nitrogen and oxygen atoms in total. The Labute approximate surface area is 135 Å². The molecule has 0 fully saturated rings. The van der Waals surface area contributed by atoms with E-state index in [4.69, 9.17) is 0 Å². The van der Waals surface area contributed by atoms with Gasteiger partial charge in [-0.2, -0.15) is 0 Å². The SMILES string of the molecule is Cc1ccc(C(=O)N2C[C@@H](C)CN(C)c3ccccc32)c(=O)[nH]1. The third-order valence-electron chi connectivity index (χ3n) is 4.19. The number of pyridine rings is 1. The van der Waals surface area contributed by atoms with E-state index < -0.39 is 0 Å². The first-order chi connectivity index (χ1) is 11.0. The van der Waals surface area contributed by atoms with Crippen LogP contribution in [-0.4, -0.2) is 31.0 Å². The number of para-hydroxylation sites is 2. The summed E-state index contributed by atoms with van der Waals surface area (Å²) in [5, 5.41) is 0. The van der Waals surface area contributed by atoms with E-state index in [1.54, 1.807) is 24.0 Å². The van der Waals surface area contributed by atoms with Crippen LogP contribution in [0.2, 0.25) is 0 Å². The number of hydrogen-bond acceptors (Lipinski definition) is 3. The van der Waals surface area contributed by atoms with Gasteiger partial charge < -0.3 is 14.8 Å². The quantitative estimate of drug-likeness (QED) is 0.880. The van der Waals surface area contributed by atoms with Crippen molar-refractivity contribution >= 4 is 17.3 Å². The van der Waals surface area contributed by atoms with Crippen molar-refractivity contribution in [3.05, 3.63) is 58.0 Å². The maximum Gasteiger partial charge on any atom is 0.263 e. The van der Waals surface area contributed by atoms with Gasteiger partial charge in [-0.05, 0) is 37.1 Å². The van der Waals surface area contributed by atoms with Gasteiger partial charge in [0, 0.05) is 25.8 Å². The molecular formula is C18H21N3O2. The van der Waals surface area contributed by atoms with E-state index in [0.717, 1.165) is 23.6 Å². The molecule has 1 aliphatic heterocycles. The van der Waals surface area contributed by atoms with E-state index in [9.17, 15) is 9.59 Å². The molecule has 1 aromatic heterocycles. The second kappa shape index (κ2) is 5.91. The summed E-state index contributed by atoms with van der Waals surface area (Å²) in [6.45, 7) is 5.37. The summed E-state index contributed by atoms with van der Waals surface area (Å²) in [7, 11) is 2.03. The molecule has 0 saturated heterocycles. The number of fused-ring (bicyclic) bond motifs is 1. The lowest BCUT2D eigenvalue weighted by molar-refractivity contribution is 0.0983. The van der Waals surface area contributed by atoms with Crippen molar-refractivity contribution in [2.45, 2.75) is 13.8 Å². The maximum atomic E-state index is 13.0. The predicted molar refractivity (Wildman–Crippen MR) is 92.4 cm³/mol. The summed E-state index contributed by atoms with van der Waals surface area (Å²) in [5.41, 5.74) is 2.45. The maximum absolute atomic E-state index is 13.0.